The number of nitrogens with one attached hydrogen (secondary N) is 1. The van der Waals surface area contributed by atoms with Crippen molar-refractivity contribution in [3.8, 4) is 0 Å². The van der Waals surface area contributed by atoms with Crippen molar-refractivity contribution in [3.63, 3.8) is 0 Å². The van der Waals surface area contributed by atoms with Crippen LogP contribution in [0.2, 0.25) is 0 Å². The van der Waals surface area contributed by atoms with Crippen molar-refractivity contribution < 1.29 is 9.53 Å². The minimum absolute atomic E-state index is 0.0721. The first-order chi connectivity index (χ1) is 6.70. The Bertz CT molecular complexity index is 197. The summed E-state index contributed by atoms with van der Waals surface area (Å²) in [5, 5.41) is 3.31. The summed E-state index contributed by atoms with van der Waals surface area (Å²) in [6.45, 7) is 6.99. The third kappa shape index (κ3) is 2.45. The molecule has 0 aromatic rings. The molecule has 4 nitrogen and oxygen atoms in total. The van der Waals surface area contributed by atoms with E-state index >= 15 is 0 Å². The van der Waals surface area contributed by atoms with Crippen molar-refractivity contribution >= 4 is 5.97 Å². The minimum Gasteiger partial charge on any atom is -0.468 e. The standard InChI is InChI=1S/C10H20N2O2/c1-4-9(10(13)14-3)12-6-5-11-7-8(12)2/h8-9,11H,4-7H2,1-3H3. The molecule has 0 amide bonds. The molecule has 2 atom stereocenters. The second-order valence-electron chi connectivity index (χ2n) is 3.74. The zero-order chi connectivity index (χ0) is 10.6. The van der Waals surface area contributed by atoms with Crippen molar-refractivity contribution in [2.24, 2.45) is 0 Å². The number of rotatable bonds is 3. The van der Waals surface area contributed by atoms with E-state index in [0.29, 0.717) is 6.04 Å². The largest absolute Gasteiger partial charge is 0.468 e. The Kier molecular flexibility index (Phi) is 4.35. The summed E-state index contributed by atoms with van der Waals surface area (Å²) in [5.74, 6) is -0.110. The zero-order valence-corrected chi connectivity index (χ0v) is 9.25. The van der Waals surface area contributed by atoms with E-state index in [2.05, 4.69) is 17.1 Å². The van der Waals surface area contributed by atoms with E-state index in [1.54, 1.807) is 0 Å². The molecule has 0 saturated carbocycles. The highest BCUT2D eigenvalue weighted by atomic mass is 16.5. The Morgan fingerprint density at radius 1 is 1.71 bits per heavy atom. The van der Waals surface area contributed by atoms with Gasteiger partial charge in [0.1, 0.15) is 6.04 Å². The zero-order valence-electron chi connectivity index (χ0n) is 9.25. The Balaban J connectivity index is 2.61. The van der Waals surface area contributed by atoms with Gasteiger partial charge < -0.3 is 10.1 Å². The molecule has 0 aromatic carbocycles. The molecule has 0 spiro atoms. The van der Waals surface area contributed by atoms with E-state index in [9.17, 15) is 4.79 Å². The summed E-state index contributed by atoms with van der Waals surface area (Å²) < 4.78 is 4.80. The lowest BCUT2D eigenvalue weighted by molar-refractivity contribution is -0.148. The van der Waals surface area contributed by atoms with E-state index in [4.69, 9.17) is 4.74 Å². The Morgan fingerprint density at radius 3 is 2.93 bits per heavy atom. The molecule has 1 saturated heterocycles. The van der Waals surface area contributed by atoms with Gasteiger partial charge in [0.2, 0.25) is 0 Å². The quantitative estimate of drug-likeness (QED) is 0.662. The lowest BCUT2D eigenvalue weighted by atomic mass is 10.1. The van der Waals surface area contributed by atoms with E-state index in [-0.39, 0.29) is 12.0 Å². The highest BCUT2D eigenvalue weighted by Crippen LogP contribution is 2.12. The lowest BCUT2D eigenvalue weighted by Crippen LogP contribution is -2.56. The summed E-state index contributed by atoms with van der Waals surface area (Å²) in [4.78, 5) is 13.7. The molecule has 0 aliphatic carbocycles. The van der Waals surface area contributed by atoms with Crippen LogP contribution >= 0.6 is 0 Å². The van der Waals surface area contributed by atoms with Gasteiger partial charge in [0.25, 0.3) is 0 Å². The smallest absolute Gasteiger partial charge is 0.323 e. The molecule has 1 N–H and O–H groups in total. The number of nitrogens with zero attached hydrogens (tertiary/aromatic N) is 1. The van der Waals surface area contributed by atoms with Gasteiger partial charge in [-0.3, -0.25) is 9.69 Å². The van der Waals surface area contributed by atoms with Gasteiger partial charge in [-0.05, 0) is 13.3 Å². The molecule has 1 aliphatic rings. The lowest BCUT2D eigenvalue weighted by Gasteiger charge is -2.38. The van der Waals surface area contributed by atoms with Crippen molar-refractivity contribution in [3.05, 3.63) is 0 Å². The second-order valence-corrected chi connectivity index (χ2v) is 3.74. The van der Waals surface area contributed by atoms with Crippen LogP contribution in [0.4, 0.5) is 0 Å². The predicted octanol–water partition coefficient (Wildman–Crippen LogP) is 0.232. The first-order valence-corrected chi connectivity index (χ1v) is 5.25. The van der Waals surface area contributed by atoms with Crippen LogP contribution in [0.1, 0.15) is 20.3 Å². The highest BCUT2D eigenvalue weighted by Gasteiger charge is 2.30. The summed E-state index contributed by atoms with van der Waals surface area (Å²) >= 11 is 0. The fourth-order valence-corrected chi connectivity index (χ4v) is 1.99. The van der Waals surface area contributed by atoms with Crippen LogP contribution in [0.5, 0.6) is 0 Å². The number of methoxy groups -OCH3 is 1. The van der Waals surface area contributed by atoms with E-state index in [1.807, 2.05) is 6.92 Å². The van der Waals surface area contributed by atoms with Gasteiger partial charge >= 0.3 is 5.97 Å². The molecule has 0 radical (unpaired) electrons. The molecule has 0 aromatic heterocycles. The van der Waals surface area contributed by atoms with Crippen LogP contribution in [0.25, 0.3) is 0 Å². The molecule has 14 heavy (non-hydrogen) atoms. The molecule has 2 unspecified atom stereocenters. The number of carbonyl (C=O) groups is 1. The highest BCUT2D eigenvalue weighted by molar-refractivity contribution is 5.75. The summed E-state index contributed by atoms with van der Waals surface area (Å²) in [7, 11) is 1.46. The maximum absolute atomic E-state index is 11.5. The van der Waals surface area contributed by atoms with Crippen LogP contribution in [-0.4, -0.2) is 49.7 Å². The Morgan fingerprint density at radius 2 is 2.43 bits per heavy atom. The van der Waals surface area contributed by atoms with Crippen LogP contribution in [0.3, 0.4) is 0 Å². The van der Waals surface area contributed by atoms with Gasteiger partial charge in [-0.2, -0.15) is 0 Å². The summed E-state index contributed by atoms with van der Waals surface area (Å²) in [6, 6.07) is 0.338. The molecule has 82 valence electrons. The number of esters is 1. The van der Waals surface area contributed by atoms with Crippen LogP contribution < -0.4 is 5.32 Å². The topological polar surface area (TPSA) is 41.6 Å². The fourth-order valence-electron chi connectivity index (χ4n) is 1.99. The third-order valence-corrected chi connectivity index (χ3v) is 2.81. The number of hydrogen-bond donors (Lipinski definition) is 1. The maximum atomic E-state index is 11.5. The third-order valence-electron chi connectivity index (χ3n) is 2.81. The number of piperazine rings is 1. The van der Waals surface area contributed by atoms with Crippen LogP contribution in [0.15, 0.2) is 0 Å². The van der Waals surface area contributed by atoms with Crippen molar-refractivity contribution in [1.29, 1.82) is 0 Å². The van der Waals surface area contributed by atoms with Crippen molar-refractivity contribution in [1.82, 2.24) is 10.2 Å². The molecule has 0 bridgehead atoms. The Labute approximate surface area is 85.6 Å². The molecular weight excluding hydrogens is 180 g/mol. The Hall–Kier alpha value is -0.610. The SMILES string of the molecule is CCC(C(=O)OC)N1CCNCC1C. The van der Waals surface area contributed by atoms with Gasteiger partial charge in [0.05, 0.1) is 7.11 Å². The molecule has 1 rings (SSSR count). The van der Waals surface area contributed by atoms with Crippen LogP contribution in [0, 0.1) is 0 Å². The molecule has 4 heteroatoms. The van der Waals surface area contributed by atoms with Crippen molar-refractivity contribution in [2.75, 3.05) is 26.7 Å². The maximum Gasteiger partial charge on any atom is 0.323 e. The van der Waals surface area contributed by atoms with Gasteiger partial charge in [-0.15, -0.1) is 0 Å². The van der Waals surface area contributed by atoms with Gasteiger partial charge in [-0.1, -0.05) is 6.92 Å². The summed E-state index contributed by atoms with van der Waals surface area (Å²) in [6.07, 6.45) is 0.816. The average molecular weight is 200 g/mol. The normalized spacial score (nSPS) is 25.8. The van der Waals surface area contributed by atoms with E-state index in [0.717, 1.165) is 26.1 Å². The van der Waals surface area contributed by atoms with Gasteiger partial charge in [0, 0.05) is 25.7 Å². The first-order valence-electron chi connectivity index (χ1n) is 5.25. The molecular formula is C10H20N2O2. The monoisotopic (exact) mass is 200 g/mol. The number of hydrogen-bond acceptors (Lipinski definition) is 4. The fraction of sp³-hybridized carbons (Fsp3) is 0.900. The van der Waals surface area contributed by atoms with Crippen LogP contribution in [-0.2, 0) is 9.53 Å². The predicted molar refractivity (Wildman–Crippen MR) is 55.1 cm³/mol. The number of ether oxygens (including phenoxy) is 1. The average Bonchev–Trinajstić information content (AvgIpc) is 2.21. The molecule has 1 fully saturated rings. The minimum atomic E-state index is -0.110. The van der Waals surface area contributed by atoms with Crippen molar-refractivity contribution in [2.45, 2.75) is 32.4 Å². The summed E-state index contributed by atoms with van der Waals surface area (Å²) in [5.41, 5.74) is 0. The first kappa shape index (κ1) is 11.5. The number of carbonyl (C=O) groups excluding carboxylic acids is 1. The van der Waals surface area contributed by atoms with Gasteiger partial charge in [0.15, 0.2) is 0 Å². The van der Waals surface area contributed by atoms with E-state index < -0.39 is 0 Å². The van der Waals surface area contributed by atoms with Gasteiger partial charge in [-0.25, -0.2) is 0 Å². The van der Waals surface area contributed by atoms with E-state index in [1.165, 1.54) is 7.11 Å². The second kappa shape index (κ2) is 5.32. The molecule has 1 heterocycles. The molecule has 1 aliphatic heterocycles.